The molecule has 2 aromatic heterocycles. The van der Waals surface area contributed by atoms with Crippen LogP contribution in [0.15, 0.2) is 6.33 Å². The minimum absolute atomic E-state index is 0.257. The summed E-state index contributed by atoms with van der Waals surface area (Å²) in [6.45, 7) is 11.4. The van der Waals surface area contributed by atoms with Gasteiger partial charge in [0.05, 0.1) is 17.7 Å². The summed E-state index contributed by atoms with van der Waals surface area (Å²) in [5.74, 6) is 1.16. The Kier molecular flexibility index (Phi) is 4.16. The third-order valence-corrected chi connectivity index (χ3v) is 6.58. The summed E-state index contributed by atoms with van der Waals surface area (Å²) in [6.07, 6.45) is 8.29. The van der Waals surface area contributed by atoms with Crippen LogP contribution in [0.4, 0.5) is 0 Å². The molecule has 2 heterocycles. The number of hydrogen-bond acceptors (Lipinski definition) is 3. The molecule has 26 heavy (non-hydrogen) atoms. The normalized spacial score (nSPS) is 23.4. The molecule has 0 bridgehead atoms. The Labute approximate surface area is 156 Å². The molecule has 0 amide bonds. The fraction of sp³-hybridized carbons (Fsp3) is 0.714. The van der Waals surface area contributed by atoms with E-state index < -0.39 is 0 Å². The first kappa shape index (κ1) is 17.6. The van der Waals surface area contributed by atoms with E-state index in [2.05, 4.69) is 49.6 Å². The molecule has 2 atom stereocenters. The summed E-state index contributed by atoms with van der Waals surface area (Å²) >= 11 is 0. The van der Waals surface area contributed by atoms with Crippen LogP contribution in [0.25, 0.3) is 0 Å². The topological polar surface area (TPSA) is 66.6 Å². The van der Waals surface area contributed by atoms with Gasteiger partial charge < -0.3 is 14.7 Å². The molecule has 2 aliphatic carbocycles. The fourth-order valence-corrected chi connectivity index (χ4v) is 4.57. The summed E-state index contributed by atoms with van der Waals surface area (Å²) < 4.78 is 6.41. The number of ether oxygens (including phenoxy) is 1. The van der Waals surface area contributed by atoms with E-state index in [1.807, 2.05) is 6.33 Å². The van der Waals surface area contributed by atoms with E-state index in [0.717, 1.165) is 32.1 Å². The van der Waals surface area contributed by atoms with Gasteiger partial charge in [0.1, 0.15) is 5.60 Å². The lowest BCUT2D eigenvalue weighted by Crippen LogP contribution is -2.41. The van der Waals surface area contributed by atoms with Gasteiger partial charge in [-0.3, -0.25) is 0 Å². The molecule has 0 saturated carbocycles. The molecular weight excluding hydrogens is 324 g/mol. The lowest BCUT2D eigenvalue weighted by Gasteiger charge is -2.35. The number of aryl methyl sites for hydroxylation is 2. The van der Waals surface area contributed by atoms with Crippen LogP contribution >= 0.6 is 0 Å². The van der Waals surface area contributed by atoms with Crippen LogP contribution in [0.3, 0.4) is 0 Å². The Morgan fingerprint density at radius 3 is 2.42 bits per heavy atom. The zero-order valence-electron chi connectivity index (χ0n) is 16.8. The van der Waals surface area contributed by atoms with Gasteiger partial charge in [0.25, 0.3) is 6.01 Å². The zero-order chi connectivity index (χ0) is 18.5. The number of nitrogens with one attached hydrogen (secondary N) is 2. The molecule has 142 valence electrons. The summed E-state index contributed by atoms with van der Waals surface area (Å²) in [5.41, 5.74) is 5.06. The first-order valence-corrected chi connectivity index (χ1v) is 10.0. The van der Waals surface area contributed by atoms with E-state index in [0.29, 0.717) is 23.3 Å². The van der Waals surface area contributed by atoms with Crippen LogP contribution in [0.2, 0.25) is 0 Å². The maximum Gasteiger partial charge on any atom is 0.294 e. The number of fused-ring (bicyclic) bond motifs is 2. The van der Waals surface area contributed by atoms with Crippen molar-refractivity contribution in [2.75, 3.05) is 0 Å². The Morgan fingerprint density at radius 2 is 1.65 bits per heavy atom. The van der Waals surface area contributed by atoms with Crippen molar-refractivity contribution in [1.82, 2.24) is 19.9 Å². The quantitative estimate of drug-likeness (QED) is 0.864. The average Bonchev–Trinajstić information content (AvgIpc) is 3.17. The van der Waals surface area contributed by atoms with Crippen molar-refractivity contribution in [3.8, 4) is 6.01 Å². The van der Waals surface area contributed by atoms with E-state index in [4.69, 9.17) is 9.72 Å². The number of aromatic amines is 2. The summed E-state index contributed by atoms with van der Waals surface area (Å²) in [6, 6.07) is 0.699. The number of imidazole rings is 2. The second-order valence-corrected chi connectivity index (χ2v) is 9.75. The van der Waals surface area contributed by atoms with Crippen LogP contribution in [0.5, 0.6) is 6.01 Å². The van der Waals surface area contributed by atoms with Gasteiger partial charge in [-0.05, 0) is 63.7 Å². The second kappa shape index (κ2) is 6.14. The van der Waals surface area contributed by atoms with Gasteiger partial charge in [-0.25, -0.2) is 9.97 Å². The molecule has 0 saturated heterocycles. The number of nitrogens with zero attached hydrogens (tertiary/aromatic N) is 2. The highest BCUT2D eigenvalue weighted by molar-refractivity contribution is 5.22. The largest absolute Gasteiger partial charge is 0.458 e. The molecule has 0 aromatic carbocycles. The van der Waals surface area contributed by atoms with Crippen molar-refractivity contribution in [1.29, 1.82) is 0 Å². The fourth-order valence-electron chi connectivity index (χ4n) is 4.57. The van der Waals surface area contributed by atoms with Gasteiger partial charge in [0.2, 0.25) is 0 Å². The molecule has 4 rings (SSSR count). The van der Waals surface area contributed by atoms with Gasteiger partial charge in [-0.1, -0.05) is 20.8 Å². The van der Waals surface area contributed by atoms with Gasteiger partial charge in [-0.2, -0.15) is 0 Å². The van der Waals surface area contributed by atoms with Crippen LogP contribution < -0.4 is 4.74 Å². The molecular formula is C21H32N4O. The third kappa shape index (κ3) is 3.28. The number of aromatic nitrogens is 4. The molecule has 2 unspecified atom stereocenters. The predicted molar refractivity (Wildman–Crippen MR) is 102 cm³/mol. The van der Waals surface area contributed by atoms with Gasteiger partial charge in [0.15, 0.2) is 0 Å². The molecule has 0 spiro atoms. The van der Waals surface area contributed by atoms with E-state index in [1.54, 1.807) is 0 Å². The zero-order valence-corrected chi connectivity index (χ0v) is 16.8. The SMILES string of the molecule is CC(C)(C)C1CCc2nc(OC(C)(C)C3CCc4nc[nH]c4C3)[nH]c2C1. The molecule has 5 nitrogen and oxygen atoms in total. The number of rotatable bonds is 3. The van der Waals surface area contributed by atoms with E-state index in [-0.39, 0.29) is 5.60 Å². The second-order valence-electron chi connectivity index (χ2n) is 9.75. The third-order valence-electron chi connectivity index (χ3n) is 6.58. The highest BCUT2D eigenvalue weighted by atomic mass is 16.5. The van der Waals surface area contributed by atoms with E-state index in [9.17, 15) is 0 Å². The highest BCUT2D eigenvalue weighted by Gasteiger charge is 2.37. The van der Waals surface area contributed by atoms with Crippen molar-refractivity contribution in [3.63, 3.8) is 0 Å². The smallest absolute Gasteiger partial charge is 0.294 e. The van der Waals surface area contributed by atoms with Crippen molar-refractivity contribution in [2.24, 2.45) is 17.3 Å². The minimum Gasteiger partial charge on any atom is -0.458 e. The first-order valence-electron chi connectivity index (χ1n) is 10.0. The lowest BCUT2D eigenvalue weighted by molar-refractivity contribution is 0.0277. The van der Waals surface area contributed by atoms with Crippen LogP contribution in [0, 0.1) is 17.3 Å². The maximum atomic E-state index is 6.41. The van der Waals surface area contributed by atoms with Gasteiger partial charge in [0, 0.05) is 17.3 Å². The number of H-pyrrole nitrogens is 2. The number of hydrogen-bond donors (Lipinski definition) is 2. The Hall–Kier alpha value is -1.78. The van der Waals surface area contributed by atoms with Gasteiger partial charge >= 0.3 is 0 Å². The maximum absolute atomic E-state index is 6.41. The standard InChI is InChI=1S/C21H32N4O/c1-20(2,3)13-6-9-16-18(10-13)25-19(24-16)26-21(4,5)14-7-8-15-17(11-14)23-12-22-15/h12-14H,6-11H2,1-5H3,(H,22,23)(H,24,25). The highest BCUT2D eigenvalue weighted by Crippen LogP contribution is 2.38. The first-order chi connectivity index (χ1) is 12.2. The van der Waals surface area contributed by atoms with Crippen LogP contribution in [-0.2, 0) is 25.7 Å². The molecule has 0 aliphatic heterocycles. The van der Waals surface area contributed by atoms with Crippen LogP contribution in [0.1, 0.15) is 70.2 Å². The van der Waals surface area contributed by atoms with Crippen LogP contribution in [-0.4, -0.2) is 25.5 Å². The minimum atomic E-state index is -0.257. The molecule has 2 aromatic rings. The Balaban J connectivity index is 1.47. The molecule has 5 heteroatoms. The molecule has 0 radical (unpaired) electrons. The van der Waals surface area contributed by atoms with Crippen molar-refractivity contribution < 1.29 is 4.74 Å². The Bertz CT molecular complexity index is 780. The molecule has 0 fully saturated rings. The van der Waals surface area contributed by atoms with E-state index in [1.165, 1.54) is 29.2 Å². The van der Waals surface area contributed by atoms with E-state index >= 15 is 0 Å². The molecule has 2 aliphatic rings. The summed E-state index contributed by atoms with van der Waals surface area (Å²) in [4.78, 5) is 16.0. The summed E-state index contributed by atoms with van der Waals surface area (Å²) in [7, 11) is 0. The predicted octanol–water partition coefficient (Wildman–Crippen LogP) is 4.25. The van der Waals surface area contributed by atoms with Gasteiger partial charge in [-0.15, -0.1) is 0 Å². The monoisotopic (exact) mass is 356 g/mol. The van der Waals surface area contributed by atoms with Crippen molar-refractivity contribution in [3.05, 3.63) is 29.1 Å². The molecule has 2 N–H and O–H groups in total. The average molecular weight is 357 g/mol. The van der Waals surface area contributed by atoms with Crippen molar-refractivity contribution in [2.45, 2.75) is 78.7 Å². The Morgan fingerprint density at radius 1 is 0.962 bits per heavy atom. The lowest BCUT2D eigenvalue weighted by atomic mass is 9.73. The summed E-state index contributed by atoms with van der Waals surface area (Å²) in [5, 5.41) is 0. The van der Waals surface area contributed by atoms with Crippen molar-refractivity contribution >= 4 is 0 Å².